The number of ketones is 1. The Morgan fingerprint density at radius 2 is 2.27 bits per heavy atom. The van der Waals surface area contributed by atoms with Crippen LogP contribution in [0.2, 0.25) is 0 Å². The van der Waals surface area contributed by atoms with Gasteiger partial charge in [-0.15, -0.1) is 12.3 Å². The van der Waals surface area contributed by atoms with Crippen LogP contribution in [0.15, 0.2) is 12.2 Å². The normalized spacial score (nSPS) is 10.4. The molecular formula is C10H14O. The Hall–Kier alpha value is -1.03. The fourth-order valence-corrected chi connectivity index (χ4v) is 0.559. The summed E-state index contributed by atoms with van der Waals surface area (Å²) in [4.78, 5) is 11.0. The van der Waals surface area contributed by atoms with Crippen LogP contribution in [0.5, 0.6) is 0 Å². The summed E-state index contributed by atoms with van der Waals surface area (Å²) in [5.41, 5.74) is 0. The molecule has 0 aromatic heterocycles. The molecule has 0 aromatic carbocycles. The van der Waals surface area contributed by atoms with Crippen LogP contribution < -0.4 is 0 Å². The smallest absolute Gasteiger partial charge is 0.157 e. The molecule has 0 bridgehead atoms. The molecule has 60 valence electrons. The maximum atomic E-state index is 11.0. The van der Waals surface area contributed by atoms with E-state index < -0.39 is 0 Å². The first-order chi connectivity index (χ1) is 5.18. The minimum absolute atomic E-state index is 0.0945. The van der Waals surface area contributed by atoms with E-state index in [4.69, 9.17) is 6.42 Å². The first-order valence-corrected chi connectivity index (χ1v) is 3.82. The van der Waals surface area contributed by atoms with Gasteiger partial charge in [0.25, 0.3) is 0 Å². The number of carbonyl (C=O) groups is 1. The predicted molar refractivity (Wildman–Crippen MR) is 47.1 cm³/mol. The lowest BCUT2D eigenvalue weighted by Crippen LogP contribution is -2.01. The molecule has 0 atom stereocenters. The van der Waals surface area contributed by atoms with Gasteiger partial charge in [-0.2, -0.15) is 0 Å². The van der Waals surface area contributed by atoms with Crippen molar-refractivity contribution in [1.29, 1.82) is 0 Å². The maximum absolute atomic E-state index is 11.0. The molecular weight excluding hydrogens is 136 g/mol. The van der Waals surface area contributed by atoms with Crippen LogP contribution in [0.3, 0.4) is 0 Å². The Morgan fingerprint density at radius 3 is 2.73 bits per heavy atom. The molecule has 0 spiro atoms. The van der Waals surface area contributed by atoms with E-state index in [1.807, 2.05) is 19.9 Å². The molecule has 0 rings (SSSR count). The lowest BCUT2D eigenvalue weighted by molar-refractivity contribution is -0.117. The summed E-state index contributed by atoms with van der Waals surface area (Å²) in [5.74, 6) is 2.77. The summed E-state index contributed by atoms with van der Waals surface area (Å²) in [6.45, 7) is 3.77. The Bertz CT molecular complexity index is 182. The summed E-state index contributed by atoms with van der Waals surface area (Å²) >= 11 is 0. The molecule has 0 unspecified atom stereocenters. The molecule has 0 saturated carbocycles. The van der Waals surface area contributed by atoms with Gasteiger partial charge >= 0.3 is 0 Å². The van der Waals surface area contributed by atoms with E-state index in [1.165, 1.54) is 0 Å². The van der Waals surface area contributed by atoms with Crippen molar-refractivity contribution in [1.82, 2.24) is 0 Å². The number of unbranched alkanes of at least 4 members (excludes halogenated alkanes) is 1. The summed E-state index contributed by atoms with van der Waals surface area (Å²) in [6.07, 6.45) is 10.00. The Balaban J connectivity index is 3.59. The fourth-order valence-electron chi connectivity index (χ4n) is 0.559. The summed E-state index contributed by atoms with van der Waals surface area (Å²) in [7, 11) is 0. The summed E-state index contributed by atoms with van der Waals surface area (Å²) in [6, 6.07) is 0. The molecule has 0 N–H and O–H groups in total. The summed E-state index contributed by atoms with van der Waals surface area (Å²) < 4.78 is 0. The van der Waals surface area contributed by atoms with Gasteiger partial charge < -0.3 is 0 Å². The highest BCUT2D eigenvalue weighted by Gasteiger charge is 1.99. The number of allylic oxidation sites excluding steroid dienone is 2. The summed E-state index contributed by atoms with van der Waals surface area (Å²) in [5, 5.41) is 0. The second-order valence-corrected chi connectivity index (χ2v) is 2.70. The second kappa shape index (κ2) is 5.73. The Morgan fingerprint density at radius 1 is 1.64 bits per heavy atom. The molecule has 11 heavy (non-hydrogen) atoms. The van der Waals surface area contributed by atoms with Crippen molar-refractivity contribution in [2.75, 3.05) is 0 Å². The van der Waals surface area contributed by atoms with Gasteiger partial charge in [0.15, 0.2) is 5.78 Å². The highest BCUT2D eigenvalue weighted by molar-refractivity contribution is 5.91. The quantitative estimate of drug-likeness (QED) is 0.341. The molecule has 0 heterocycles. The molecule has 0 aliphatic rings. The first kappa shape index (κ1) is 9.97. The van der Waals surface area contributed by atoms with Crippen LogP contribution in [0.1, 0.15) is 26.7 Å². The molecule has 0 aliphatic heterocycles. The van der Waals surface area contributed by atoms with E-state index in [0.29, 0.717) is 6.42 Å². The van der Waals surface area contributed by atoms with Crippen molar-refractivity contribution >= 4 is 5.78 Å². The highest BCUT2D eigenvalue weighted by atomic mass is 16.1. The molecule has 0 fully saturated rings. The van der Waals surface area contributed by atoms with Gasteiger partial charge in [-0.25, -0.2) is 0 Å². The minimum atomic E-state index is 0.0945. The minimum Gasteiger partial charge on any atom is -0.295 e. The van der Waals surface area contributed by atoms with Crippen molar-refractivity contribution in [3.05, 3.63) is 12.2 Å². The molecule has 1 nitrogen and oxygen atoms in total. The van der Waals surface area contributed by atoms with Gasteiger partial charge in [0.1, 0.15) is 0 Å². The maximum Gasteiger partial charge on any atom is 0.157 e. The van der Waals surface area contributed by atoms with E-state index in [1.54, 1.807) is 6.08 Å². The number of terminal acetylenes is 1. The molecule has 1 heteroatoms. The lowest BCUT2D eigenvalue weighted by atomic mass is 10.1. The van der Waals surface area contributed by atoms with E-state index in [2.05, 4.69) is 5.92 Å². The molecule has 0 radical (unpaired) electrons. The highest BCUT2D eigenvalue weighted by Crippen LogP contribution is 1.97. The van der Waals surface area contributed by atoms with Crippen LogP contribution in [-0.4, -0.2) is 5.78 Å². The average Bonchev–Trinajstić information content (AvgIpc) is 1.97. The van der Waals surface area contributed by atoms with Gasteiger partial charge in [-0.3, -0.25) is 4.79 Å². The second-order valence-electron chi connectivity index (χ2n) is 2.70. The van der Waals surface area contributed by atoms with E-state index >= 15 is 0 Å². The van der Waals surface area contributed by atoms with Crippen molar-refractivity contribution in [3.8, 4) is 12.3 Å². The molecule has 0 aliphatic carbocycles. The largest absolute Gasteiger partial charge is 0.295 e. The Kier molecular flexibility index (Phi) is 5.20. The number of hydrogen-bond acceptors (Lipinski definition) is 1. The number of carbonyl (C=O) groups excluding carboxylic acids is 1. The Labute approximate surface area is 68.5 Å². The predicted octanol–water partition coefficient (Wildman–Crippen LogP) is 2.18. The van der Waals surface area contributed by atoms with Gasteiger partial charge in [0.2, 0.25) is 0 Å². The third-order valence-electron chi connectivity index (χ3n) is 1.31. The zero-order chi connectivity index (χ0) is 8.69. The van der Waals surface area contributed by atoms with Crippen LogP contribution >= 0.6 is 0 Å². The van der Waals surface area contributed by atoms with E-state index in [9.17, 15) is 4.79 Å². The number of hydrogen-bond donors (Lipinski definition) is 0. The van der Waals surface area contributed by atoms with Crippen LogP contribution in [0, 0.1) is 18.3 Å². The lowest BCUT2D eigenvalue weighted by Gasteiger charge is -1.95. The zero-order valence-corrected chi connectivity index (χ0v) is 7.13. The average molecular weight is 150 g/mol. The van der Waals surface area contributed by atoms with Gasteiger partial charge in [-0.05, 0) is 12.5 Å². The molecule has 0 amide bonds. The molecule has 0 saturated heterocycles. The monoisotopic (exact) mass is 150 g/mol. The van der Waals surface area contributed by atoms with Crippen LogP contribution in [-0.2, 0) is 4.79 Å². The van der Waals surface area contributed by atoms with E-state index in [0.717, 1.165) is 6.42 Å². The standard InChI is InChI=1S/C10H14O/c1-4-5-6-7-8-10(11)9(2)3/h1,7-9H,5-6H2,2-3H3/b8-7+. The van der Waals surface area contributed by atoms with Crippen molar-refractivity contribution in [2.24, 2.45) is 5.92 Å². The van der Waals surface area contributed by atoms with E-state index in [-0.39, 0.29) is 11.7 Å². The SMILES string of the molecule is C#CCC/C=C/C(=O)C(C)C. The van der Waals surface area contributed by atoms with Gasteiger partial charge in [0, 0.05) is 12.3 Å². The first-order valence-electron chi connectivity index (χ1n) is 3.82. The van der Waals surface area contributed by atoms with Crippen LogP contribution in [0.25, 0.3) is 0 Å². The number of rotatable bonds is 4. The third kappa shape index (κ3) is 5.42. The molecule has 0 aromatic rings. The third-order valence-corrected chi connectivity index (χ3v) is 1.31. The zero-order valence-electron chi connectivity index (χ0n) is 7.13. The fraction of sp³-hybridized carbons (Fsp3) is 0.500. The van der Waals surface area contributed by atoms with Crippen LogP contribution in [0.4, 0.5) is 0 Å². The van der Waals surface area contributed by atoms with Crippen molar-refractivity contribution < 1.29 is 4.79 Å². The van der Waals surface area contributed by atoms with Crippen molar-refractivity contribution in [2.45, 2.75) is 26.7 Å². The topological polar surface area (TPSA) is 17.1 Å². The van der Waals surface area contributed by atoms with Gasteiger partial charge in [0.05, 0.1) is 0 Å². The van der Waals surface area contributed by atoms with Gasteiger partial charge in [-0.1, -0.05) is 19.9 Å². The van der Waals surface area contributed by atoms with Crippen molar-refractivity contribution in [3.63, 3.8) is 0 Å².